The van der Waals surface area contributed by atoms with Crippen LogP contribution in [0.25, 0.3) is 0 Å². The van der Waals surface area contributed by atoms with Crippen LogP contribution < -0.4 is 11.5 Å². The maximum atomic E-state index is 11.8. The molecular weight excluding hydrogens is 264 g/mol. The summed E-state index contributed by atoms with van der Waals surface area (Å²) in [5, 5.41) is 0.638. The molecule has 5 heteroatoms. The molecule has 0 atom stereocenters. The van der Waals surface area contributed by atoms with Gasteiger partial charge in [0.1, 0.15) is 6.61 Å². The predicted molar refractivity (Wildman–Crippen MR) is 75.8 cm³/mol. The van der Waals surface area contributed by atoms with Crippen LogP contribution in [0.15, 0.2) is 42.5 Å². The lowest BCUT2D eigenvalue weighted by Gasteiger charge is -2.06. The lowest BCUT2D eigenvalue weighted by atomic mass is 10.2. The van der Waals surface area contributed by atoms with Gasteiger partial charge in [-0.2, -0.15) is 0 Å². The van der Waals surface area contributed by atoms with Gasteiger partial charge < -0.3 is 16.2 Å². The highest BCUT2D eigenvalue weighted by Gasteiger charge is 2.09. The summed E-state index contributed by atoms with van der Waals surface area (Å²) < 4.78 is 5.17. The Balaban J connectivity index is 2.03. The first-order valence-electron chi connectivity index (χ1n) is 5.62. The Hall–Kier alpha value is -2.20. The number of anilines is 2. The third kappa shape index (κ3) is 3.63. The van der Waals surface area contributed by atoms with Crippen LogP contribution in [0.5, 0.6) is 0 Å². The van der Waals surface area contributed by atoms with Crippen LogP contribution in [-0.4, -0.2) is 5.97 Å². The predicted octanol–water partition coefficient (Wildman–Crippen LogP) is 2.86. The highest BCUT2D eigenvalue weighted by Crippen LogP contribution is 2.16. The largest absolute Gasteiger partial charge is 0.457 e. The minimum atomic E-state index is -0.464. The van der Waals surface area contributed by atoms with E-state index in [0.717, 1.165) is 5.56 Å². The number of esters is 1. The van der Waals surface area contributed by atoms with E-state index in [1.54, 1.807) is 30.3 Å². The molecule has 0 fully saturated rings. The molecule has 0 unspecified atom stereocenters. The van der Waals surface area contributed by atoms with E-state index in [0.29, 0.717) is 22.0 Å². The first-order chi connectivity index (χ1) is 9.04. The Morgan fingerprint density at radius 2 is 1.63 bits per heavy atom. The van der Waals surface area contributed by atoms with E-state index in [4.69, 9.17) is 27.8 Å². The number of carbonyl (C=O) groups is 1. The van der Waals surface area contributed by atoms with Crippen LogP contribution in [0.3, 0.4) is 0 Å². The number of halogens is 1. The fraction of sp³-hybridized carbons (Fsp3) is 0.0714. The van der Waals surface area contributed by atoms with E-state index in [9.17, 15) is 4.79 Å². The molecule has 0 aromatic heterocycles. The molecule has 0 radical (unpaired) electrons. The second kappa shape index (κ2) is 5.63. The van der Waals surface area contributed by atoms with E-state index >= 15 is 0 Å². The van der Waals surface area contributed by atoms with Gasteiger partial charge in [0.25, 0.3) is 0 Å². The van der Waals surface area contributed by atoms with Gasteiger partial charge in [-0.3, -0.25) is 0 Å². The molecule has 0 aliphatic rings. The van der Waals surface area contributed by atoms with Crippen LogP contribution in [0.4, 0.5) is 11.4 Å². The van der Waals surface area contributed by atoms with E-state index in [1.807, 2.05) is 0 Å². The summed E-state index contributed by atoms with van der Waals surface area (Å²) >= 11 is 5.77. The molecule has 98 valence electrons. The van der Waals surface area contributed by atoms with E-state index in [1.165, 1.54) is 12.1 Å². The third-order valence-electron chi connectivity index (χ3n) is 2.50. The first kappa shape index (κ1) is 13.2. The van der Waals surface area contributed by atoms with E-state index < -0.39 is 5.97 Å². The summed E-state index contributed by atoms with van der Waals surface area (Å²) in [5.74, 6) is -0.464. The number of hydrogen-bond acceptors (Lipinski definition) is 4. The molecule has 0 saturated carbocycles. The Morgan fingerprint density at radius 1 is 1.05 bits per heavy atom. The SMILES string of the molecule is Nc1cc(N)cc(C(=O)OCc2ccc(Cl)cc2)c1. The average Bonchev–Trinajstić information content (AvgIpc) is 2.36. The van der Waals surface area contributed by atoms with Gasteiger partial charge in [0.15, 0.2) is 0 Å². The molecule has 2 rings (SSSR count). The lowest BCUT2D eigenvalue weighted by molar-refractivity contribution is 0.0473. The number of hydrogen-bond donors (Lipinski definition) is 2. The first-order valence-corrected chi connectivity index (χ1v) is 6.00. The smallest absolute Gasteiger partial charge is 0.338 e. The fourth-order valence-electron chi connectivity index (χ4n) is 1.61. The minimum Gasteiger partial charge on any atom is -0.457 e. The number of rotatable bonds is 3. The van der Waals surface area contributed by atoms with Crippen molar-refractivity contribution in [3.05, 3.63) is 58.6 Å². The standard InChI is InChI=1S/C14H13ClN2O2/c15-11-3-1-9(2-4-11)8-19-14(18)10-5-12(16)7-13(17)6-10/h1-7H,8,16-17H2. The molecule has 0 aliphatic heterocycles. The van der Waals surface area contributed by atoms with Crippen molar-refractivity contribution in [2.75, 3.05) is 11.5 Å². The molecule has 0 heterocycles. The van der Waals surface area contributed by atoms with E-state index in [2.05, 4.69) is 0 Å². The number of benzene rings is 2. The molecular formula is C14H13ClN2O2. The van der Waals surface area contributed by atoms with Crippen LogP contribution in [0.2, 0.25) is 5.02 Å². The van der Waals surface area contributed by atoms with Crippen molar-refractivity contribution in [1.29, 1.82) is 0 Å². The zero-order chi connectivity index (χ0) is 13.8. The molecule has 0 aliphatic carbocycles. The minimum absolute atomic E-state index is 0.171. The van der Waals surface area contributed by atoms with Crippen LogP contribution in [0.1, 0.15) is 15.9 Å². The van der Waals surface area contributed by atoms with Gasteiger partial charge in [-0.05, 0) is 35.9 Å². The highest BCUT2D eigenvalue weighted by molar-refractivity contribution is 6.30. The number of carbonyl (C=O) groups excluding carboxylic acids is 1. The summed E-state index contributed by atoms with van der Waals surface area (Å²) in [4.78, 5) is 11.8. The van der Waals surface area contributed by atoms with Crippen molar-refractivity contribution in [3.63, 3.8) is 0 Å². The maximum Gasteiger partial charge on any atom is 0.338 e. The van der Waals surface area contributed by atoms with Crippen molar-refractivity contribution < 1.29 is 9.53 Å². The topological polar surface area (TPSA) is 78.3 Å². The van der Waals surface area contributed by atoms with Gasteiger partial charge in [0.2, 0.25) is 0 Å². The molecule has 0 bridgehead atoms. The van der Waals surface area contributed by atoms with Gasteiger partial charge in [0, 0.05) is 16.4 Å². The number of ether oxygens (including phenoxy) is 1. The molecule has 4 nitrogen and oxygen atoms in total. The second-order valence-corrected chi connectivity index (χ2v) is 4.53. The molecule has 2 aromatic carbocycles. The summed E-state index contributed by atoms with van der Waals surface area (Å²) in [7, 11) is 0. The van der Waals surface area contributed by atoms with Crippen LogP contribution in [-0.2, 0) is 11.3 Å². The van der Waals surface area contributed by atoms with Gasteiger partial charge in [-0.15, -0.1) is 0 Å². The quantitative estimate of drug-likeness (QED) is 0.667. The Kier molecular flexibility index (Phi) is 3.92. The third-order valence-corrected chi connectivity index (χ3v) is 2.75. The van der Waals surface area contributed by atoms with Gasteiger partial charge in [-0.25, -0.2) is 4.79 Å². The van der Waals surface area contributed by atoms with Gasteiger partial charge >= 0.3 is 5.97 Å². The molecule has 19 heavy (non-hydrogen) atoms. The van der Waals surface area contributed by atoms with Crippen LogP contribution >= 0.6 is 11.6 Å². The molecule has 0 spiro atoms. The highest BCUT2D eigenvalue weighted by atomic mass is 35.5. The Bertz CT molecular complexity index is 577. The lowest BCUT2D eigenvalue weighted by Crippen LogP contribution is -2.06. The van der Waals surface area contributed by atoms with Gasteiger partial charge in [0.05, 0.1) is 5.56 Å². The Labute approximate surface area is 115 Å². The van der Waals surface area contributed by atoms with Crippen molar-refractivity contribution in [3.8, 4) is 0 Å². The second-order valence-electron chi connectivity index (χ2n) is 4.09. The molecule has 0 saturated heterocycles. The zero-order valence-corrected chi connectivity index (χ0v) is 10.9. The molecule has 4 N–H and O–H groups in total. The summed E-state index contributed by atoms with van der Waals surface area (Å²) in [6, 6.07) is 11.7. The van der Waals surface area contributed by atoms with Crippen molar-refractivity contribution in [2.45, 2.75) is 6.61 Å². The normalized spacial score (nSPS) is 10.2. The number of nitrogen functional groups attached to an aromatic ring is 2. The monoisotopic (exact) mass is 276 g/mol. The maximum absolute atomic E-state index is 11.8. The zero-order valence-electron chi connectivity index (χ0n) is 10.1. The van der Waals surface area contributed by atoms with Gasteiger partial charge in [-0.1, -0.05) is 23.7 Å². The average molecular weight is 277 g/mol. The Morgan fingerprint density at radius 3 is 2.21 bits per heavy atom. The number of nitrogens with two attached hydrogens (primary N) is 2. The molecule has 0 amide bonds. The molecule has 2 aromatic rings. The van der Waals surface area contributed by atoms with E-state index in [-0.39, 0.29) is 6.61 Å². The van der Waals surface area contributed by atoms with Crippen molar-refractivity contribution >= 4 is 28.9 Å². The summed E-state index contributed by atoms with van der Waals surface area (Å²) in [5.41, 5.74) is 13.3. The fourth-order valence-corrected chi connectivity index (χ4v) is 1.73. The summed E-state index contributed by atoms with van der Waals surface area (Å²) in [6.07, 6.45) is 0. The van der Waals surface area contributed by atoms with Crippen LogP contribution in [0, 0.1) is 0 Å². The summed E-state index contributed by atoms with van der Waals surface area (Å²) in [6.45, 7) is 0.171. The van der Waals surface area contributed by atoms with Crippen molar-refractivity contribution in [1.82, 2.24) is 0 Å². The van der Waals surface area contributed by atoms with Crippen molar-refractivity contribution in [2.24, 2.45) is 0 Å².